The fourth-order valence-electron chi connectivity index (χ4n) is 2.73. The first kappa shape index (κ1) is 14.3. The maximum atomic E-state index is 4.51. The lowest BCUT2D eigenvalue weighted by Gasteiger charge is -2.19. The van der Waals surface area contributed by atoms with Crippen LogP contribution in [-0.4, -0.2) is 24.7 Å². The van der Waals surface area contributed by atoms with E-state index in [0.717, 1.165) is 28.1 Å². The molecule has 1 N–H and O–H groups in total. The molecule has 6 heteroatoms. The van der Waals surface area contributed by atoms with Crippen LogP contribution in [0.4, 0.5) is 5.82 Å². The Kier molecular flexibility index (Phi) is 3.63. The second kappa shape index (κ2) is 6.08. The molecule has 3 heterocycles. The van der Waals surface area contributed by atoms with Gasteiger partial charge in [-0.25, -0.2) is 9.97 Å². The van der Waals surface area contributed by atoms with Gasteiger partial charge in [0.2, 0.25) is 0 Å². The number of fused-ring (bicyclic) bond motifs is 1. The van der Waals surface area contributed by atoms with Crippen molar-refractivity contribution < 1.29 is 0 Å². The summed E-state index contributed by atoms with van der Waals surface area (Å²) in [5, 5.41) is 8.65. The summed E-state index contributed by atoms with van der Waals surface area (Å²) < 4.78 is 1.74. The summed E-state index contributed by atoms with van der Waals surface area (Å²) >= 11 is 0. The van der Waals surface area contributed by atoms with Gasteiger partial charge in [-0.15, -0.1) is 0 Å². The van der Waals surface area contributed by atoms with E-state index in [9.17, 15) is 0 Å². The average molecular weight is 316 g/mol. The highest BCUT2D eigenvalue weighted by molar-refractivity contribution is 5.86. The van der Waals surface area contributed by atoms with Crippen molar-refractivity contribution in [2.45, 2.75) is 6.04 Å². The average Bonchev–Trinajstić information content (AvgIpc) is 3.03. The molecule has 4 rings (SSSR count). The molecule has 0 fully saturated rings. The molecular formula is C18H16N6. The van der Waals surface area contributed by atoms with Gasteiger partial charge in [-0.1, -0.05) is 36.4 Å². The lowest BCUT2D eigenvalue weighted by Crippen LogP contribution is -2.15. The van der Waals surface area contributed by atoms with Crippen LogP contribution < -0.4 is 5.32 Å². The lowest BCUT2D eigenvalue weighted by atomic mass is 10.0. The Hall–Kier alpha value is -3.28. The summed E-state index contributed by atoms with van der Waals surface area (Å²) in [6.07, 6.45) is 5.12. The van der Waals surface area contributed by atoms with Crippen molar-refractivity contribution in [3.63, 3.8) is 0 Å². The summed E-state index contributed by atoms with van der Waals surface area (Å²) in [7, 11) is 1.87. The quantitative estimate of drug-likeness (QED) is 0.627. The molecule has 1 atom stereocenters. The number of nitrogens with zero attached hydrogens (tertiary/aromatic N) is 5. The van der Waals surface area contributed by atoms with Crippen molar-refractivity contribution in [2.75, 3.05) is 5.32 Å². The maximum Gasteiger partial charge on any atom is 0.163 e. The second-order valence-electron chi connectivity index (χ2n) is 5.47. The molecule has 0 unspecified atom stereocenters. The van der Waals surface area contributed by atoms with Gasteiger partial charge in [0.15, 0.2) is 5.65 Å². The van der Waals surface area contributed by atoms with Crippen LogP contribution in [0.15, 0.2) is 67.3 Å². The van der Waals surface area contributed by atoms with Gasteiger partial charge in [-0.3, -0.25) is 9.67 Å². The predicted molar refractivity (Wildman–Crippen MR) is 92.4 cm³/mol. The van der Waals surface area contributed by atoms with E-state index >= 15 is 0 Å². The minimum atomic E-state index is -0.106. The highest BCUT2D eigenvalue weighted by Crippen LogP contribution is 2.27. The molecule has 0 radical (unpaired) electrons. The first-order valence-electron chi connectivity index (χ1n) is 7.68. The van der Waals surface area contributed by atoms with Gasteiger partial charge in [0.1, 0.15) is 12.1 Å². The molecule has 0 aliphatic carbocycles. The zero-order valence-corrected chi connectivity index (χ0v) is 13.2. The zero-order valence-electron chi connectivity index (χ0n) is 13.2. The van der Waals surface area contributed by atoms with Crippen LogP contribution in [0, 0.1) is 0 Å². The van der Waals surface area contributed by atoms with Gasteiger partial charge in [0, 0.05) is 13.2 Å². The van der Waals surface area contributed by atoms with E-state index in [0.29, 0.717) is 0 Å². The first-order valence-corrected chi connectivity index (χ1v) is 7.68. The topological polar surface area (TPSA) is 68.5 Å². The molecule has 24 heavy (non-hydrogen) atoms. The Morgan fingerprint density at radius 3 is 2.58 bits per heavy atom. The van der Waals surface area contributed by atoms with E-state index in [1.165, 1.54) is 0 Å². The first-order chi connectivity index (χ1) is 11.8. The second-order valence-corrected chi connectivity index (χ2v) is 5.47. The van der Waals surface area contributed by atoms with Crippen molar-refractivity contribution in [3.05, 3.63) is 78.5 Å². The number of aryl methyl sites for hydroxylation is 1. The highest BCUT2D eigenvalue weighted by Gasteiger charge is 2.18. The maximum absolute atomic E-state index is 4.51. The molecule has 3 aromatic heterocycles. The van der Waals surface area contributed by atoms with Crippen LogP contribution in [0.5, 0.6) is 0 Å². The molecule has 0 amide bonds. The van der Waals surface area contributed by atoms with Gasteiger partial charge in [0.05, 0.1) is 23.3 Å². The third-order valence-corrected chi connectivity index (χ3v) is 3.93. The third-order valence-electron chi connectivity index (χ3n) is 3.93. The Labute approximate surface area is 139 Å². The number of nitrogens with one attached hydrogen (secondary N) is 1. The minimum Gasteiger partial charge on any atom is -0.357 e. The van der Waals surface area contributed by atoms with Gasteiger partial charge < -0.3 is 5.32 Å². The molecule has 1 aromatic carbocycles. The number of anilines is 1. The van der Waals surface area contributed by atoms with Crippen molar-refractivity contribution in [1.82, 2.24) is 24.7 Å². The van der Waals surface area contributed by atoms with E-state index in [1.807, 2.05) is 43.4 Å². The normalized spacial score (nSPS) is 12.2. The van der Waals surface area contributed by atoms with Gasteiger partial charge in [-0.2, -0.15) is 5.10 Å². The van der Waals surface area contributed by atoms with E-state index in [2.05, 4.69) is 37.5 Å². The predicted octanol–water partition coefficient (Wildman–Crippen LogP) is 2.96. The molecule has 0 aliphatic heterocycles. The molecule has 118 valence electrons. The summed E-state index contributed by atoms with van der Waals surface area (Å²) in [5.74, 6) is 0.743. The van der Waals surface area contributed by atoms with Gasteiger partial charge in [0.25, 0.3) is 0 Å². The summed E-state index contributed by atoms with van der Waals surface area (Å²) in [6, 6.07) is 16.0. The molecule has 0 saturated carbocycles. The number of hydrogen-bond acceptors (Lipinski definition) is 5. The van der Waals surface area contributed by atoms with Crippen molar-refractivity contribution in [3.8, 4) is 0 Å². The zero-order chi connectivity index (χ0) is 16.4. The Bertz CT molecular complexity index is 910. The third kappa shape index (κ3) is 2.58. The highest BCUT2D eigenvalue weighted by atomic mass is 15.3. The van der Waals surface area contributed by atoms with Crippen LogP contribution in [0.25, 0.3) is 11.0 Å². The smallest absolute Gasteiger partial charge is 0.163 e. The Morgan fingerprint density at radius 1 is 0.958 bits per heavy atom. The Morgan fingerprint density at radius 2 is 1.79 bits per heavy atom. The molecule has 0 spiro atoms. The van der Waals surface area contributed by atoms with Gasteiger partial charge in [-0.05, 0) is 17.7 Å². The van der Waals surface area contributed by atoms with Crippen LogP contribution in [-0.2, 0) is 7.05 Å². The van der Waals surface area contributed by atoms with Crippen molar-refractivity contribution in [1.29, 1.82) is 0 Å². The SMILES string of the molecule is Cn1ncc2c(N[C@@H](c3ccccc3)c3ccccn3)ncnc21. The number of pyridine rings is 1. The number of hydrogen-bond donors (Lipinski definition) is 1. The van der Waals surface area contributed by atoms with Crippen LogP contribution in [0.3, 0.4) is 0 Å². The number of aromatic nitrogens is 5. The standard InChI is InChI=1S/C18H16N6/c1-24-18-14(11-22-24)17(20-12-21-18)23-16(13-7-3-2-4-8-13)15-9-5-6-10-19-15/h2-12,16H,1H3,(H,20,21,23)/t16-/m0/s1. The molecule has 6 nitrogen and oxygen atoms in total. The molecule has 4 aromatic rings. The molecule has 0 saturated heterocycles. The molecule has 0 bridgehead atoms. The minimum absolute atomic E-state index is 0.106. The van der Waals surface area contributed by atoms with Crippen molar-refractivity contribution >= 4 is 16.9 Å². The van der Waals surface area contributed by atoms with Gasteiger partial charge >= 0.3 is 0 Å². The fourth-order valence-corrected chi connectivity index (χ4v) is 2.73. The Balaban J connectivity index is 1.80. The van der Waals surface area contributed by atoms with E-state index in [-0.39, 0.29) is 6.04 Å². The molecular weight excluding hydrogens is 300 g/mol. The fraction of sp³-hybridized carbons (Fsp3) is 0.111. The van der Waals surface area contributed by atoms with Crippen molar-refractivity contribution in [2.24, 2.45) is 7.05 Å². The van der Waals surface area contributed by atoms with E-state index in [4.69, 9.17) is 0 Å². The summed E-state index contributed by atoms with van der Waals surface area (Å²) in [5.41, 5.74) is 2.84. The lowest BCUT2D eigenvalue weighted by molar-refractivity contribution is 0.785. The van der Waals surface area contributed by atoms with Crippen LogP contribution >= 0.6 is 0 Å². The summed E-state index contributed by atoms with van der Waals surface area (Å²) in [6.45, 7) is 0. The van der Waals surface area contributed by atoms with Crippen LogP contribution in [0.2, 0.25) is 0 Å². The number of rotatable bonds is 4. The van der Waals surface area contributed by atoms with Crippen LogP contribution in [0.1, 0.15) is 17.3 Å². The monoisotopic (exact) mass is 316 g/mol. The van der Waals surface area contributed by atoms with E-state index < -0.39 is 0 Å². The number of benzene rings is 1. The molecule has 0 aliphatic rings. The largest absolute Gasteiger partial charge is 0.357 e. The summed E-state index contributed by atoms with van der Waals surface area (Å²) in [4.78, 5) is 13.2. The van der Waals surface area contributed by atoms with E-state index in [1.54, 1.807) is 23.4 Å².